The molecule has 2 aromatic rings. The number of nitro benzene ring substituents is 1. The van der Waals surface area contributed by atoms with Gasteiger partial charge >= 0.3 is 0 Å². The van der Waals surface area contributed by atoms with Crippen LogP contribution >= 0.6 is 0 Å². The third kappa shape index (κ3) is 2.30. The molecule has 1 heterocycles. The summed E-state index contributed by atoms with van der Waals surface area (Å²) in [6, 6.07) is 10.3. The topological polar surface area (TPSA) is 56.0 Å². The third-order valence-corrected chi connectivity index (χ3v) is 2.51. The highest BCUT2D eigenvalue weighted by Gasteiger charge is 2.11. The van der Waals surface area contributed by atoms with Crippen molar-refractivity contribution in [3.8, 4) is 11.3 Å². The van der Waals surface area contributed by atoms with Gasteiger partial charge in [-0.3, -0.25) is 15.1 Å². The molecule has 1 aromatic heterocycles. The monoisotopic (exact) mass is 227 g/mol. The van der Waals surface area contributed by atoms with Crippen molar-refractivity contribution >= 4 is 5.69 Å². The molecule has 85 valence electrons. The molecule has 0 fully saturated rings. The number of rotatable bonds is 3. The van der Waals surface area contributed by atoms with Gasteiger partial charge in [0.1, 0.15) is 0 Å². The Morgan fingerprint density at radius 1 is 1.29 bits per heavy atom. The van der Waals surface area contributed by atoms with E-state index in [9.17, 15) is 10.1 Å². The van der Waals surface area contributed by atoms with Gasteiger partial charge in [-0.25, -0.2) is 0 Å². The predicted octanol–water partition coefficient (Wildman–Crippen LogP) is 3.03. The number of aromatic nitrogens is 1. The van der Waals surface area contributed by atoms with Gasteiger partial charge in [0, 0.05) is 23.9 Å². The van der Waals surface area contributed by atoms with E-state index in [1.165, 1.54) is 6.07 Å². The largest absolute Gasteiger partial charge is 0.270 e. The Bertz CT molecular complexity index is 538. The van der Waals surface area contributed by atoms with Gasteiger partial charge in [0.05, 0.1) is 10.6 Å². The first-order chi connectivity index (χ1) is 8.22. The number of nitro groups is 1. The highest BCUT2D eigenvalue weighted by Crippen LogP contribution is 2.26. The first-order valence-corrected chi connectivity index (χ1v) is 5.20. The Morgan fingerprint density at radius 3 is 2.71 bits per heavy atom. The maximum atomic E-state index is 10.8. The Labute approximate surface area is 99.1 Å². The Hall–Kier alpha value is -2.23. The lowest BCUT2D eigenvalue weighted by Crippen LogP contribution is -1.94. The van der Waals surface area contributed by atoms with Crippen LogP contribution in [0.15, 0.2) is 42.6 Å². The SMILES string of the molecule is [CH2]Cc1ccc([N+](=O)[O-])cc1-c1ccccn1. The molecule has 0 aliphatic heterocycles. The predicted molar refractivity (Wildman–Crippen MR) is 65.4 cm³/mol. The van der Waals surface area contributed by atoms with Crippen molar-refractivity contribution in [3.05, 3.63) is 65.2 Å². The molecule has 0 aliphatic carbocycles. The summed E-state index contributed by atoms with van der Waals surface area (Å²) in [5.41, 5.74) is 2.53. The number of pyridine rings is 1. The van der Waals surface area contributed by atoms with Crippen molar-refractivity contribution in [1.82, 2.24) is 4.98 Å². The lowest BCUT2D eigenvalue weighted by molar-refractivity contribution is -0.384. The molecule has 0 spiro atoms. The molecule has 4 heteroatoms. The standard InChI is InChI=1S/C13H11N2O2/c1-2-10-6-7-11(15(16)17)9-12(10)13-5-3-4-8-14-13/h3-9H,1-2H2. The molecule has 0 aliphatic rings. The molecule has 0 atom stereocenters. The van der Waals surface area contributed by atoms with Gasteiger partial charge in [0.25, 0.3) is 5.69 Å². The Kier molecular flexibility index (Phi) is 3.14. The minimum Gasteiger partial charge on any atom is -0.258 e. The van der Waals surface area contributed by atoms with Gasteiger partial charge in [0.15, 0.2) is 0 Å². The van der Waals surface area contributed by atoms with Gasteiger partial charge in [0.2, 0.25) is 0 Å². The van der Waals surface area contributed by atoms with Crippen molar-refractivity contribution in [2.75, 3.05) is 0 Å². The van der Waals surface area contributed by atoms with Crippen LogP contribution in [0.1, 0.15) is 5.56 Å². The number of nitrogens with zero attached hydrogens (tertiary/aromatic N) is 2. The molecule has 0 amide bonds. The van der Waals surface area contributed by atoms with E-state index in [-0.39, 0.29) is 5.69 Å². The summed E-state index contributed by atoms with van der Waals surface area (Å²) < 4.78 is 0. The molecule has 0 saturated carbocycles. The van der Waals surface area contributed by atoms with E-state index in [4.69, 9.17) is 0 Å². The molecule has 1 radical (unpaired) electrons. The average Bonchev–Trinajstić information content (AvgIpc) is 2.39. The Morgan fingerprint density at radius 2 is 2.12 bits per heavy atom. The van der Waals surface area contributed by atoms with Crippen molar-refractivity contribution in [3.63, 3.8) is 0 Å². The molecule has 0 saturated heterocycles. The zero-order valence-corrected chi connectivity index (χ0v) is 9.17. The number of non-ortho nitro benzene ring substituents is 1. The van der Waals surface area contributed by atoms with E-state index in [2.05, 4.69) is 11.9 Å². The maximum absolute atomic E-state index is 10.8. The second kappa shape index (κ2) is 4.74. The fraction of sp³-hybridized carbons (Fsp3) is 0.0769. The summed E-state index contributed by atoms with van der Waals surface area (Å²) in [5, 5.41) is 10.8. The van der Waals surface area contributed by atoms with Crippen LogP contribution < -0.4 is 0 Å². The number of hydrogen-bond donors (Lipinski definition) is 0. The molecule has 4 nitrogen and oxygen atoms in total. The fourth-order valence-electron chi connectivity index (χ4n) is 1.66. The summed E-state index contributed by atoms with van der Waals surface area (Å²) in [6.07, 6.45) is 2.24. The number of hydrogen-bond acceptors (Lipinski definition) is 3. The lowest BCUT2D eigenvalue weighted by atomic mass is 10.0. The van der Waals surface area contributed by atoms with E-state index < -0.39 is 4.92 Å². The van der Waals surface area contributed by atoms with Crippen LogP contribution in [-0.2, 0) is 6.42 Å². The average molecular weight is 227 g/mol. The zero-order valence-electron chi connectivity index (χ0n) is 9.17. The number of benzene rings is 1. The molecular weight excluding hydrogens is 216 g/mol. The third-order valence-electron chi connectivity index (χ3n) is 2.51. The van der Waals surface area contributed by atoms with Crippen LogP contribution in [0.25, 0.3) is 11.3 Å². The smallest absolute Gasteiger partial charge is 0.258 e. The summed E-state index contributed by atoms with van der Waals surface area (Å²) in [7, 11) is 0. The van der Waals surface area contributed by atoms with E-state index in [0.717, 1.165) is 16.8 Å². The molecule has 17 heavy (non-hydrogen) atoms. The molecule has 1 aromatic carbocycles. The van der Waals surface area contributed by atoms with Gasteiger partial charge in [-0.15, -0.1) is 0 Å². The Balaban J connectivity index is 2.58. The van der Waals surface area contributed by atoms with Crippen LogP contribution in [0.2, 0.25) is 0 Å². The minimum absolute atomic E-state index is 0.0721. The molecule has 0 unspecified atom stereocenters. The molecule has 2 rings (SSSR count). The van der Waals surface area contributed by atoms with Crippen molar-refractivity contribution in [2.45, 2.75) is 6.42 Å². The summed E-state index contributed by atoms with van der Waals surface area (Å²) in [5.74, 6) is 0. The highest BCUT2D eigenvalue weighted by molar-refractivity contribution is 5.66. The molecule has 0 bridgehead atoms. The van der Waals surface area contributed by atoms with Crippen molar-refractivity contribution in [2.24, 2.45) is 0 Å². The summed E-state index contributed by atoms with van der Waals surface area (Å²) in [6.45, 7) is 3.82. The van der Waals surface area contributed by atoms with Crippen LogP contribution in [-0.4, -0.2) is 9.91 Å². The van der Waals surface area contributed by atoms with E-state index in [0.29, 0.717) is 6.42 Å². The van der Waals surface area contributed by atoms with Crippen LogP contribution in [0, 0.1) is 17.0 Å². The lowest BCUT2D eigenvalue weighted by Gasteiger charge is -2.06. The fourth-order valence-corrected chi connectivity index (χ4v) is 1.66. The van der Waals surface area contributed by atoms with E-state index in [1.54, 1.807) is 18.3 Å². The van der Waals surface area contributed by atoms with E-state index >= 15 is 0 Å². The van der Waals surface area contributed by atoms with Gasteiger partial charge < -0.3 is 0 Å². The maximum Gasteiger partial charge on any atom is 0.270 e. The first kappa shape index (κ1) is 11.3. The summed E-state index contributed by atoms with van der Waals surface area (Å²) in [4.78, 5) is 14.6. The normalized spacial score (nSPS) is 10.2. The van der Waals surface area contributed by atoms with Crippen LogP contribution in [0.5, 0.6) is 0 Å². The first-order valence-electron chi connectivity index (χ1n) is 5.20. The van der Waals surface area contributed by atoms with Gasteiger partial charge in [-0.1, -0.05) is 12.1 Å². The van der Waals surface area contributed by atoms with Crippen LogP contribution in [0.3, 0.4) is 0 Å². The quantitative estimate of drug-likeness (QED) is 0.598. The second-order valence-electron chi connectivity index (χ2n) is 3.56. The van der Waals surface area contributed by atoms with Crippen LogP contribution in [0.4, 0.5) is 5.69 Å². The van der Waals surface area contributed by atoms with Gasteiger partial charge in [-0.2, -0.15) is 0 Å². The molecular formula is C13H11N2O2. The minimum atomic E-state index is -0.403. The summed E-state index contributed by atoms with van der Waals surface area (Å²) >= 11 is 0. The highest BCUT2D eigenvalue weighted by atomic mass is 16.6. The second-order valence-corrected chi connectivity index (χ2v) is 3.56. The van der Waals surface area contributed by atoms with Crippen molar-refractivity contribution in [1.29, 1.82) is 0 Å². The van der Waals surface area contributed by atoms with Gasteiger partial charge in [-0.05, 0) is 31.0 Å². The van der Waals surface area contributed by atoms with E-state index in [1.807, 2.05) is 18.2 Å². The molecule has 0 N–H and O–H groups in total. The van der Waals surface area contributed by atoms with Crippen molar-refractivity contribution < 1.29 is 4.92 Å². The zero-order chi connectivity index (χ0) is 12.3.